The Morgan fingerprint density at radius 2 is 1.89 bits per heavy atom. The summed E-state index contributed by atoms with van der Waals surface area (Å²) in [5.74, 6) is 0.195. The summed E-state index contributed by atoms with van der Waals surface area (Å²) in [6.07, 6.45) is 4.30. The molecule has 2 aromatic heterocycles. The van der Waals surface area contributed by atoms with Gasteiger partial charge in [-0.05, 0) is 17.7 Å². The van der Waals surface area contributed by atoms with E-state index in [1.807, 2.05) is 12.1 Å². The van der Waals surface area contributed by atoms with E-state index in [1.54, 1.807) is 23.7 Å². The molecule has 2 rings (SSSR count). The molecule has 100 valence electrons. The molecule has 19 heavy (non-hydrogen) atoms. The monoisotopic (exact) mass is 274 g/mol. The van der Waals surface area contributed by atoms with Gasteiger partial charge in [-0.3, -0.25) is 9.78 Å². The van der Waals surface area contributed by atoms with Gasteiger partial charge in [-0.25, -0.2) is 4.98 Å². The minimum Gasteiger partial charge on any atom is -0.299 e. The minimum absolute atomic E-state index is 0.0445. The van der Waals surface area contributed by atoms with Crippen LogP contribution in [0.5, 0.6) is 0 Å². The Morgan fingerprint density at radius 3 is 2.47 bits per heavy atom. The normalized spacial score (nSPS) is 11.5. The van der Waals surface area contributed by atoms with Gasteiger partial charge in [0, 0.05) is 29.6 Å². The minimum atomic E-state index is 0.0445. The first-order chi connectivity index (χ1) is 8.95. The summed E-state index contributed by atoms with van der Waals surface area (Å²) < 4.78 is 0. The number of hydrogen-bond acceptors (Lipinski definition) is 4. The highest BCUT2D eigenvalue weighted by molar-refractivity contribution is 7.09. The Hall–Kier alpha value is -1.55. The van der Waals surface area contributed by atoms with E-state index in [4.69, 9.17) is 0 Å². The lowest BCUT2D eigenvalue weighted by molar-refractivity contribution is -0.117. The van der Waals surface area contributed by atoms with Crippen LogP contribution in [-0.4, -0.2) is 15.8 Å². The van der Waals surface area contributed by atoms with Crippen LogP contribution in [0, 0.1) is 0 Å². The van der Waals surface area contributed by atoms with Crippen LogP contribution in [0.3, 0.4) is 0 Å². The van der Waals surface area contributed by atoms with E-state index >= 15 is 0 Å². The maximum atomic E-state index is 12.0. The lowest BCUT2D eigenvalue weighted by atomic mass is 9.93. The van der Waals surface area contributed by atoms with Crippen LogP contribution in [0.15, 0.2) is 29.9 Å². The fourth-order valence-corrected chi connectivity index (χ4v) is 2.75. The molecule has 2 heterocycles. The lowest BCUT2D eigenvalue weighted by Crippen LogP contribution is -2.12. The Bertz CT molecular complexity index is 555. The molecule has 0 fully saturated rings. The molecule has 0 saturated heterocycles. The number of nitrogens with zero attached hydrogens (tertiary/aromatic N) is 2. The van der Waals surface area contributed by atoms with E-state index in [0.29, 0.717) is 12.8 Å². The van der Waals surface area contributed by atoms with Crippen molar-refractivity contribution in [3.05, 3.63) is 46.2 Å². The molecular formula is C15H18N2OS. The van der Waals surface area contributed by atoms with Crippen molar-refractivity contribution in [3.63, 3.8) is 0 Å². The molecule has 0 radical (unpaired) electrons. The Balaban J connectivity index is 1.98. The molecule has 3 nitrogen and oxygen atoms in total. The first-order valence-electron chi connectivity index (χ1n) is 6.30. The molecule has 0 aliphatic heterocycles. The fraction of sp³-hybridized carbons (Fsp3) is 0.400. The number of aromatic nitrogens is 2. The molecule has 0 amide bonds. The smallest absolute Gasteiger partial charge is 0.144 e. The summed E-state index contributed by atoms with van der Waals surface area (Å²) in [5.41, 5.74) is 2.11. The average molecular weight is 274 g/mol. The molecule has 0 N–H and O–H groups in total. The predicted octanol–water partition coefficient (Wildman–Crippen LogP) is 3.19. The maximum absolute atomic E-state index is 12.0. The van der Waals surface area contributed by atoms with Crippen molar-refractivity contribution in [1.82, 2.24) is 9.97 Å². The van der Waals surface area contributed by atoms with E-state index in [0.717, 1.165) is 16.3 Å². The topological polar surface area (TPSA) is 42.9 Å². The first-order valence-corrected chi connectivity index (χ1v) is 7.18. The Morgan fingerprint density at radius 1 is 1.21 bits per heavy atom. The second-order valence-electron chi connectivity index (χ2n) is 5.62. The highest BCUT2D eigenvalue weighted by atomic mass is 32.1. The number of carbonyl (C=O) groups excluding carboxylic acids is 1. The Kier molecular flexibility index (Phi) is 4.10. The summed E-state index contributed by atoms with van der Waals surface area (Å²) in [6.45, 7) is 6.39. The van der Waals surface area contributed by atoms with Crippen LogP contribution in [0.25, 0.3) is 0 Å². The highest BCUT2D eigenvalue weighted by Crippen LogP contribution is 2.24. The van der Waals surface area contributed by atoms with Crippen LogP contribution in [-0.2, 0) is 23.1 Å². The zero-order valence-electron chi connectivity index (χ0n) is 11.5. The van der Waals surface area contributed by atoms with Gasteiger partial charge < -0.3 is 0 Å². The summed E-state index contributed by atoms with van der Waals surface area (Å²) in [7, 11) is 0. The van der Waals surface area contributed by atoms with Crippen LogP contribution >= 0.6 is 11.3 Å². The molecule has 0 aliphatic carbocycles. The van der Waals surface area contributed by atoms with Gasteiger partial charge in [0.1, 0.15) is 10.8 Å². The third-order valence-electron chi connectivity index (χ3n) is 2.82. The van der Waals surface area contributed by atoms with Gasteiger partial charge in [-0.15, -0.1) is 11.3 Å². The van der Waals surface area contributed by atoms with E-state index in [1.165, 1.54) is 0 Å². The van der Waals surface area contributed by atoms with E-state index in [-0.39, 0.29) is 11.2 Å². The molecular weight excluding hydrogens is 256 g/mol. The summed E-state index contributed by atoms with van der Waals surface area (Å²) in [5, 5.41) is 2.96. The highest BCUT2D eigenvalue weighted by Gasteiger charge is 2.18. The van der Waals surface area contributed by atoms with E-state index in [2.05, 4.69) is 36.1 Å². The lowest BCUT2D eigenvalue weighted by Gasteiger charge is -2.14. The first kappa shape index (κ1) is 13.9. The number of ketones is 1. The quantitative estimate of drug-likeness (QED) is 0.860. The molecule has 0 aliphatic rings. The van der Waals surface area contributed by atoms with E-state index < -0.39 is 0 Å². The van der Waals surface area contributed by atoms with Crippen molar-refractivity contribution >= 4 is 17.1 Å². The SMILES string of the molecule is CC(C)(C)c1csc(CC(=O)Cc2ccncc2)n1. The number of Topliss-reactive ketones (excluding diaryl/α,β-unsaturated/α-hetero) is 1. The van der Waals surface area contributed by atoms with Gasteiger partial charge in [-0.2, -0.15) is 0 Å². The third-order valence-corrected chi connectivity index (χ3v) is 3.67. The van der Waals surface area contributed by atoms with Gasteiger partial charge in [0.25, 0.3) is 0 Å². The number of hydrogen-bond donors (Lipinski definition) is 0. The van der Waals surface area contributed by atoms with Crippen molar-refractivity contribution in [2.24, 2.45) is 0 Å². The predicted molar refractivity (Wildman–Crippen MR) is 77.5 cm³/mol. The second kappa shape index (κ2) is 5.61. The van der Waals surface area contributed by atoms with Crippen LogP contribution < -0.4 is 0 Å². The van der Waals surface area contributed by atoms with Gasteiger partial charge in [-0.1, -0.05) is 20.8 Å². The number of rotatable bonds is 4. The van der Waals surface area contributed by atoms with Gasteiger partial charge in [0.2, 0.25) is 0 Å². The van der Waals surface area contributed by atoms with Crippen LogP contribution in [0.1, 0.15) is 37.0 Å². The third kappa shape index (κ3) is 3.96. The molecule has 0 aromatic carbocycles. The van der Waals surface area contributed by atoms with Gasteiger partial charge in [0.15, 0.2) is 0 Å². The second-order valence-corrected chi connectivity index (χ2v) is 6.57. The van der Waals surface area contributed by atoms with Crippen molar-refractivity contribution < 1.29 is 4.79 Å². The fourth-order valence-electron chi connectivity index (χ4n) is 1.70. The number of pyridine rings is 1. The number of thiazole rings is 1. The zero-order chi connectivity index (χ0) is 13.9. The van der Waals surface area contributed by atoms with E-state index in [9.17, 15) is 4.79 Å². The standard InChI is InChI=1S/C15H18N2OS/c1-15(2,3)13-10-19-14(17-13)9-12(18)8-11-4-6-16-7-5-11/h4-7,10H,8-9H2,1-3H3. The zero-order valence-corrected chi connectivity index (χ0v) is 12.3. The summed E-state index contributed by atoms with van der Waals surface area (Å²) in [4.78, 5) is 20.5. The molecule has 0 spiro atoms. The van der Waals surface area contributed by atoms with Crippen molar-refractivity contribution in [2.45, 2.75) is 39.0 Å². The summed E-state index contributed by atoms with van der Waals surface area (Å²) >= 11 is 1.57. The largest absolute Gasteiger partial charge is 0.299 e. The van der Waals surface area contributed by atoms with Crippen molar-refractivity contribution in [3.8, 4) is 0 Å². The van der Waals surface area contributed by atoms with Crippen LogP contribution in [0.2, 0.25) is 0 Å². The molecule has 0 saturated carbocycles. The average Bonchev–Trinajstić information content (AvgIpc) is 2.78. The maximum Gasteiger partial charge on any atom is 0.144 e. The van der Waals surface area contributed by atoms with Gasteiger partial charge in [0.05, 0.1) is 12.1 Å². The summed E-state index contributed by atoms with van der Waals surface area (Å²) in [6, 6.07) is 3.75. The molecule has 4 heteroatoms. The van der Waals surface area contributed by atoms with Crippen LogP contribution in [0.4, 0.5) is 0 Å². The molecule has 0 bridgehead atoms. The van der Waals surface area contributed by atoms with Crippen molar-refractivity contribution in [1.29, 1.82) is 0 Å². The molecule has 0 atom stereocenters. The van der Waals surface area contributed by atoms with Gasteiger partial charge >= 0.3 is 0 Å². The van der Waals surface area contributed by atoms with Crippen molar-refractivity contribution in [2.75, 3.05) is 0 Å². The Labute approximate surface area is 117 Å². The molecule has 2 aromatic rings. The molecule has 0 unspecified atom stereocenters. The number of carbonyl (C=O) groups is 1.